The van der Waals surface area contributed by atoms with Gasteiger partial charge in [-0.1, -0.05) is 6.07 Å². The average molecular weight is 237 g/mol. The minimum atomic E-state index is -0.306. The Kier molecular flexibility index (Phi) is 3.55. The molecule has 0 spiro atoms. The van der Waals surface area contributed by atoms with Crippen LogP contribution in [0.2, 0.25) is 0 Å². The Labute approximate surface area is 99.0 Å². The van der Waals surface area contributed by atoms with Crippen LogP contribution >= 0.6 is 0 Å². The number of nitrogen functional groups attached to an aromatic ring is 1. The first-order chi connectivity index (χ1) is 8.22. The number of nitrogens with zero attached hydrogens (tertiary/aromatic N) is 2. The van der Waals surface area contributed by atoms with Gasteiger partial charge in [0.05, 0.1) is 25.9 Å². The maximum absolute atomic E-state index is 12.2. The molecule has 1 saturated heterocycles. The minimum absolute atomic E-state index is 0.117. The van der Waals surface area contributed by atoms with Crippen LogP contribution < -0.4 is 5.73 Å². The molecule has 1 aliphatic heterocycles. The summed E-state index contributed by atoms with van der Waals surface area (Å²) in [4.78, 5) is 17.7. The largest absolute Gasteiger partial charge is 0.394 e. The second-order valence-electron chi connectivity index (χ2n) is 3.86. The molecule has 1 aromatic rings. The highest BCUT2D eigenvalue weighted by atomic mass is 16.5. The third-order valence-electron chi connectivity index (χ3n) is 2.69. The molecule has 1 amide bonds. The Morgan fingerprint density at radius 3 is 3.18 bits per heavy atom. The van der Waals surface area contributed by atoms with E-state index in [4.69, 9.17) is 10.5 Å². The van der Waals surface area contributed by atoms with E-state index in [1.165, 1.54) is 0 Å². The van der Waals surface area contributed by atoms with E-state index >= 15 is 0 Å². The van der Waals surface area contributed by atoms with Gasteiger partial charge in [-0.2, -0.15) is 0 Å². The highest BCUT2D eigenvalue weighted by Crippen LogP contribution is 2.11. The van der Waals surface area contributed by atoms with Gasteiger partial charge in [-0.3, -0.25) is 4.79 Å². The van der Waals surface area contributed by atoms with Gasteiger partial charge in [-0.25, -0.2) is 4.98 Å². The highest BCUT2D eigenvalue weighted by molar-refractivity contribution is 5.93. The molecule has 2 rings (SSSR count). The van der Waals surface area contributed by atoms with Gasteiger partial charge in [-0.05, 0) is 12.1 Å². The number of hydrogen-bond acceptors (Lipinski definition) is 5. The Morgan fingerprint density at radius 1 is 1.65 bits per heavy atom. The van der Waals surface area contributed by atoms with Gasteiger partial charge in [0, 0.05) is 6.54 Å². The number of aliphatic hydroxyl groups is 1. The fraction of sp³-hybridized carbons (Fsp3) is 0.455. The van der Waals surface area contributed by atoms with Gasteiger partial charge in [-0.15, -0.1) is 0 Å². The fourth-order valence-electron chi connectivity index (χ4n) is 1.79. The number of rotatable bonds is 2. The Hall–Kier alpha value is -1.66. The second kappa shape index (κ2) is 5.11. The van der Waals surface area contributed by atoms with Crippen molar-refractivity contribution in [2.24, 2.45) is 0 Å². The van der Waals surface area contributed by atoms with Gasteiger partial charge in [0.15, 0.2) is 0 Å². The van der Waals surface area contributed by atoms with E-state index in [0.717, 1.165) is 0 Å². The summed E-state index contributed by atoms with van der Waals surface area (Å²) in [5.41, 5.74) is 5.83. The number of morpholine rings is 1. The molecule has 1 unspecified atom stereocenters. The third-order valence-corrected chi connectivity index (χ3v) is 2.69. The molecule has 2 heterocycles. The zero-order valence-electron chi connectivity index (χ0n) is 9.37. The zero-order valence-corrected chi connectivity index (χ0v) is 9.37. The van der Waals surface area contributed by atoms with Crippen LogP contribution in [-0.4, -0.2) is 53.3 Å². The van der Waals surface area contributed by atoms with Crippen molar-refractivity contribution >= 4 is 11.7 Å². The predicted molar refractivity (Wildman–Crippen MR) is 61.4 cm³/mol. The minimum Gasteiger partial charge on any atom is -0.394 e. The summed E-state index contributed by atoms with van der Waals surface area (Å²) in [7, 11) is 0. The van der Waals surface area contributed by atoms with Crippen molar-refractivity contribution in [1.29, 1.82) is 0 Å². The molecule has 17 heavy (non-hydrogen) atoms. The van der Waals surface area contributed by atoms with Crippen LogP contribution in [0.15, 0.2) is 18.2 Å². The molecule has 3 N–H and O–H groups in total. The molecular weight excluding hydrogens is 222 g/mol. The average Bonchev–Trinajstić information content (AvgIpc) is 2.38. The second-order valence-corrected chi connectivity index (χ2v) is 3.86. The number of nitrogens with two attached hydrogens (primary N) is 1. The summed E-state index contributed by atoms with van der Waals surface area (Å²) >= 11 is 0. The molecule has 0 bridgehead atoms. The first-order valence-electron chi connectivity index (χ1n) is 5.44. The van der Waals surface area contributed by atoms with E-state index in [1.807, 2.05) is 0 Å². The summed E-state index contributed by atoms with van der Waals surface area (Å²) in [6.45, 7) is 1.17. The SMILES string of the molecule is Nc1cccc(C(=O)N2CCOCC2CO)n1. The van der Waals surface area contributed by atoms with Crippen LogP contribution in [0.4, 0.5) is 5.82 Å². The van der Waals surface area contributed by atoms with Crippen molar-refractivity contribution < 1.29 is 14.6 Å². The normalized spacial score (nSPS) is 20.3. The summed E-state index contributed by atoms with van der Waals surface area (Å²) < 4.78 is 5.21. The summed E-state index contributed by atoms with van der Waals surface area (Å²) in [5, 5.41) is 9.19. The molecule has 1 atom stereocenters. The van der Waals surface area contributed by atoms with Gasteiger partial charge in [0.25, 0.3) is 5.91 Å². The lowest BCUT2D eigenvalue weighted by Crippen LogP contribution is -2.50. The lowest BCUT2D eigenvalue weighted by Gasteiger charge is -2.34. The van der Waals surface area contributed by atoms with Crippen LogP contribution in [0.25, 0.3) is 0 Å². The lowest BCUT2D eigenvalue weighted by molar-refractivity contribution is -0.0186. The smallest absolute Gasteiger partial charge is 0.273 e. The number of hydrogen-bond donors (Lipinski definition) is 2. The molecule has 92 valence electrons. The molecule has 0 aliphatic carbocycles. The van der Waals surface area contributed by atoms with Crippen molar-refractivity contribution in [2.75, 3.05) is 32.1 Å². The molecule has 6 nitrogen and oxygen atoms in total. The molecule has 1 aliphatic rings. The third kappa shape index (κ3) is 2.54. The topological polar surface area (TPSA) is 88.7 Å². The van der Waals surface area contributed by atoms with Crippen molar-refractivity contribution in [1.82, 2.24) is 9.88 Å². The number of amides is 1. The van der Waals surface area contributed by atoms with E-state index in [9.17, 15) is 9.90 Å². The summed E-state index contributed by atoms with van der Waals surface area (Å²) in [5.74, 6) is 0.0873. The van der Waals surface area contributed by atoms with Gasteiger partial charge < -0.3 is 20.5 Å². The molecular formula is C11H15N3O3. The van der Waals surface area contributed by atoms with Gasteiger partial charge >= 0.3 is 0 Å². The Morgan fingerprint density at radius 2 is 2.47 bits per heavy atom. The van der Waals surface area contributed by atoms with Crippen LogP contribution in [0.1, 0.15) is 10.5 Å². The maximum Gasteiger partial charge on any atom is 0.273 e. The summed E-state index contributed by atoms with van der Waals surface area (Å²) in [6, 6.07) is 4.62. The lowest BCUT2D eigenvalue weighted by atomic mass is 10.2. The van der Waals surface area contributed by atoms with Crippen molar-refractivity contribution in [3.63, 3.8) is 0 Å². The van der Waals surface area contributed by atoms with Crippen molar-refractivity contribution in [3.8, 4) is 0 Å². The predicted octanol–water partition coefficient (Wildman–Crippen LogP) is -0.503. The number of aliphatic hydroxyl groups excluding tert-OH is 1. The van der Waals surface area contributed by atoms with Crippen LogP contribution in [0, 0.1) is 0 Å². The number of aromatic nitrogens is 1. The van der Waals surface area contributed by atoms with E-state index in [0.29, 0.717) is 31.3 Å². The number of anilines is 1. The number of carbonyl (C=O) groups is 1. The quantitative estimate of drug-likeness (QED) is 0.723. The Balaban J connectivity index is 2.18. The fourth-order valence-corrected chi connectivity index (χ4v) is 1.79. The van der Waals surface area contributed by atoms with E-state index in [2.05, 4.69) is 4.98 Å². The van der Waals surface area contributed by atoms with Crippen LogP contribution in [0.3, 0.4) is 0 Å². The van der Waals surface area contributed by atoms with Crippen LogP contribution in [-0.2, 0) is 4.74 Å². The van der Waals surface area contributed by atoms with Crippen molar-refractivity contribution in [2.45, 2.75) is 6.04 Å². The first-order valence-corrected chi connectivity index (χ1v) is 5.44. The van der Waals surface area contributed by atoms with Gasteiger partial charge in [0.2, 0.25) is 0 Å². The standard InChI is InChI=1S/C11H15N3O3/c12-10-3-1-2-9(13-10)11(16)14-4-5-17-7-8(14)6-15/h1-3,8,15H,4-7H2,(H2,12,13). The Bertz CT molecular complexity index is 411. The first kappa shape index (κ1) is 11.8. The molecule has 1 aromatic heterocycles. The van der Waals surface area contributed by atoms with E-state index in [-0.39, 0.29) is 18.6 Å². The van der Waals surface area contributed by atoms with E-state index in [1.54, 1.807) is 23.1 Å². The summed E-state index contributed by atoms with van der Waals surface area (Å²) in [6.07, 6.45) is 0. The van der Waals surface area contributed by atoms with Gasteiger partial charge in [0.1, 0.15) is 11.5 Å². The molecule has 6 heteroatoms. The maximum atomic E-state index is 12.2. The number of carbonyl (C=O) groups excluding carboxylic acids is 1. The highest BCUT2D eigenvalue weighted by Gasteiger charge is 2.28. The van der Waals surface area contributed by atoms with E-state index < -0.39 is 0 Å². The van der Waals surface area contributed by atoms with Crippen molar-refractivity contribution in [3.05, 3.63) is 23.9 Å². The monoisotopic (exact) mass is 237 g/mol. The molecule has 0 aromatic carbocycles. The molecule has 1 fully saturated rings. The number of ether oxygens (including phenoxy) is 1. The zero-order chi connectivity index (χ0) is 12.3. The number of pyridine rings is 1. The molecule has 0 saturated carbocycles. The van der Waals surface area contributed by atoms with Crippen LogP contribution in [0.5, 0.6) is 0 Å². The molecule has 0 radical (unpaired) electrons.